The molecule has 0 unspecified atom stereocenters. The van der Waals surface area contributed by atoms with Crippen molar-refractivity contribution in [1.82, 2.24) is 10.4 Å². The number of hydroxylamine groups is 1. The molecule has 1 heterocycles. The van der Waals surface area contributed by atoms with E-state index < -0.39 is 0 Å². The van der Waals surface area contributed by atoms with Crippen LogP contribution < -0.4 is 5.48 Å². The lowest BCUT2D eigenvalue weighted by atomic mass is 9.89. The van der Waals surface area contributed by atoms with Gasteiger partial charge in [0, 0.05) is 19.0 Å². The van der Waals surface area contributed by atoms with Crippen molar-refractivity contribution >= 4 is 18.0 Å². The summed E-state index contributed by atoms with van der Waals surface area (Å²) in [5.41, 5.74) is 2.30. The summed E-state index contributed by atoms with van der Waals surface area (Å²) in [6.07, 6.45) is 6.49. The normalized spacial score (nSPS) is 19.6. The molecule has 0 bridgehead atoms. The lowest BCUT2D eigenvalue weighted by Crippen LogP contribution is -2.44. The fourth-order valence-electron chi connectivity index (χ4n) is 3.21. The quantitative estimate of drug-likeness (QED) is 0.794. The SMILES string of the molecule is CCCOC(=O)N1CCC(C(=O)NOC(=O)C2CCCCC2)CC1. The molecule has 1 N–H and O–H groups in total. The van der Waals surface area contributed by atoms with Crippen molar-refractivity contribution in [2.24, 2.45) is 11.8 Å². The van der Waals surface area contributed by atoms with Gasteiger partial charge in [-0.15, -0.1) is 0 Å². The van der Waals surface area contributed by atoms with Crippen LogP contribution in [0.4, 0.5) is 4.79 Å². The highest BCUT2D eigenvalue weighted by atomic mass is 16.7. The second-order valence-electron chi connectivity index (χ2n) is 6.60. The summed E-state index contributed by atoms with van der Waals surface area (Å²) in [6, 6.07) is 0. The average molecular weight is 340 g/mol. The summed E-state index contributed by atoms with van der Waals surface area (Å²) in [4.78, 5) is 42.4. The minimum atomic E-state index is -0.330. The number of rotatable bonds is 4. The average Bonchev–Trinajstić information content (AvgIpc) is 2.64. The number of hydrogen-bond acceptors (Lipinski definition) is 5. The predicted molar refractivity (Wildman–Crippen MR) is 86.7 cm³/mol. The van der Waals surface area contributed by atoms with E-state index in [0.717, 1.165) is 38.5 Å². The first-order valence-electron chi connectivity index (χ1n) is 9.04. The Hall–Kier alpha value is -1.79. The number of nitrogens with one attached hydrogen (secondary N) is 1. The molecular weight excluding hydrogens is 312 g/mol. The number of amides is 2. The van der Waals surface area contributed by atoms with E-state index in [1.807, 2.05) is 6.92 Å². The molecule has 136 valence electrons. The van der Waals surface area contributed by atoms with Gasteiger partial charge in [0.25, 0.3) is 5.91 Å². The number of piperidine rings is 1. The highest BCUT2D eigenvalue weighted by Crippen LogP contribution is 2.24. The Morgan fingerprint density at radius 2 is 1.67 bits per heavy atom. The summed E-state index contributed by atoms with van der Waals surface area (Å²) in [5.74, 6) is -0.932. The predicted octanol–water partition coefficient (Wildman–Crippen LogP) is 2.40. The van der Waals surface area contributed by atoms with E-state index in [1.165, 1.54) is 0 Å². The maximum atomic E-state index is 12.1. The molecule has 24 heavy (non-hydrogen) atoms. The van der Waals surface area contributed by atoms with Crippen molar-refractivity contribution in [3.63, 3.8) is 0 Å². The molecule has 2 fully saturated rings. The minimum absolute atomic E-state index is 0.0887. The lowest BCUT2D eigenvalue weighted by molar-refractivity contribution is -0.165. The van der Waals surface area contributed by atoms with Crippen LogP contribution in [0.1, 0.15) is 58.3 Å². The van der Waals surface area contributed by atoms with Gasteiger partial charge in [-0.3, -0.25) is 4.79 Å². The highest BCUT2D eigenvalue weighted by molar-refractivity contribution is 5.81. The number of carbonyl (C=O) groups excluding carboxylic acids is 3. The molecule has 7 heteroatoms. The van der Waals surface area contributed by atoms with Crippen molar-refractivity contribution in [2.45, 2.75) is 58.3 Å². The van der Waals surface area contributed by atoms with Gasteiger partial charge in [-0.2, -0.15) is 5.48 Å². The molecule has 1 aliphatic heterocycles. The van der Waals surface area contributed by atoms with Crippen LogP contribution in [-0.2, 0) is 19.2 Å². The Bertz CT molecular complexity index is 440. The summed E-state index contributed by atoms with van der Waals surface area (Å²) in [5, 5.41) is 0. The van der Waals surface area contributed by atoms with Gasteiger partial charge in [0.05, 0.1) is 12.5 Å². The van der Waals surface area contributed by atoms with Crippen LogP contribution in [0, 0.1) is 11.8 Å². The van der Waals surface area contributed by atoms with Gasteiger partial charge in [0.1, 0.15) is 0 Å². The van der Waals surface area contributed by atoms with E-state index in [1.54, 1.807) is 4.90 Å². The number of likely N-dealkylation sites (tertiary alicyclic amines) is 1. The fourth-order valence-corrected chi connectivity index (χ4v) is 3.21. The second kappa shape index (κ2) is 9.49. The summed E-state index contributed by atoms with van der Waals surface area (Å²) >= 11 is 0. The van der Waals surface area contributed by atoms with Crippen LogP contribution in [0.25, 0.3) is 0 Å². The zero-order valence-corrected chi connectivity index (χ0v) is 14.4. The highest BCUT2D eigenvalue weighted by Gasteiger charge is 2.29. The van der Waals surface area contributed by atoms with Crippen LogP contribution in [0.2, 0.25) is 0 Å². The van der Waals surface area contributed by atoms with Gasteiger partial charge in [0.15, 0.2) is 0 Å². The molecule has 1 saturated carbocycles. The number of hydrogen-bond donors (Lipinski definition) is 1. The molecule has 1 aliphatic carbocycles. The van der Waals surface area contributed by atoms with Crippen molar-refractivity contribution in [2.75, 3.05) is 19.7 Å². The first kappa shape index (κ1) is 18.5. The van der Waals surface area contributed by atoms with E-state index in [-0.39, 0.29) is 29.8 Å². The van der Waals surface area contributed by atoms with Crippen LogP contribution in [-0.4, -0.2) is 42.6 Å². The Kier molecular flexibility index (Phi) is 7.34. The van der Waals surface area contributed by atoms with E-state index in [2.05, 4.69) is 5.48 Å². The maximum Gasteiger partial charge on any atom is 0.409 e. The van der Waals surface area contributed by atoms with Crippen molar-refractivity contribution in [3.8, 4) is 0 Å². The zero-order chi connectivity index (χ0) is 17.4. The standard InChI is InChI=1S/C17H28N2O5/c1-2-12-23-17(22)19-10-8-13(9-11-19)15(20)18-24-16(21)14-6-4-3-5-7-14/h13-14H,2-12H2,1H3,(H,18,20). The van der Waals surface area contributed by atoms with Crippen molar-refractivity contribution in [1.29, 1.82) is 0 Å². The topological polar surface area (TPSA) is 84.9 Å². The smallest absolute Gasteiger partial charge is 0.409 e. The van der Waals surface area contributed by atoms with Crippen LogP contribution in [0.5, 0.6) is 0 Å². The van der Waals surface area contributed by atoms with E-state index in [4.69, 9.17) is 9.57 Å². The van der Waals surface area contributed by atoms with Gasteiger partial charge < -0.3 is 14.5 Å². The molecule has 2 amide bonds. The van der Waals surface area contributed by atoms with Gasteiger partial charge in [-0.05, 0) is 32.1 Å². The first-order valence-corrected chi connectivity index (χ1v) is 9.04. The summed E-state index contributed by atoms with van der Waals surface area (Å²) in [6.45, 7) is 3.32. The third-order valence-corrected chi connectivity index (χ3v) is 4.74. The zero-order valence-electron chi connectivity index (χ0n) is 14.4. The number of carbonyl (C=O) groups is 3. The Morgan fingerprint density at radius 1 is 1.00 bits per heavy atom. The molecule has 0 aromatic carbocycles. The maximum absolute atomic E-state index is 12.1. The summed E-state index contributed by atoms with van der Waals surface area (Å²) < 4.78 is 5.09. The molecule has 0 aromatic heterocycles. The van der Waals surface area contributed by atoms with E-state index in [0.29, 0.717) is 32.5 Å². The third-order valence-electron chi connectivity index (χ3n) is 4.74. The molecule has 2 rings (SSSR count). The van der Waals surface area contributed by atoms with Crippen LogP contribution in [0.15, 0.2) is 0 Å². The molecular formula is C17H28N2O5. The van der Waals surface area contributed by atoms with Crippen molar-refractivity contribution < 1.29 is 24.0 Å². The number of nitrogens with zero attached hydrogens (tertiary/aromatic N) is 1. The van der Waals surface area contributed by atoms with Gasteiger partial charge in [0.2, 0.25) is 0 Å². The van der Waals surface area contributed by atoms with E-state index in [9.17, 15) is 14.4 Å². The first-order chi connectivity index (χ1) is 11.6. The van der Waals surface area contributed by atoms with Gasteiger partial charge in [-0.25, -0.2) is 9.59 Å². The molecule has 0 spiro atoms. The van der Waals surface area contributed by atoms with Gasteiger partial charge >= 0.3 is 12.1 Å². The molecule has 0 aromatic rings. The lowest BCUT2D eigenvalue weighted by Gasteiger charge is -2.30. The molecule has 0 atom stereocenters. The molecule has 1 saturated heterocycles. The fraction of sp³-hybridized carbons (Fsp3) is 0.824. The molecule has 7 nitrogen and oxygen atoms in total. The Morgan fingerprint density at radius 3 is 2.29 bits per heavy atom. The molecule has 0 radical (unpaired) electrons. The Balaban J connectivity index is 1.67. The second-order valence-corrected chi connectivity index (χ2v) is 6.60. The minimum Gasteiger partial charge on any atom is -0.449 e. The van der Waals surface area contributed by atoms with Crippen LogP contribution >= 0.6 is 0 Å². The monoisotopic (exact) mass is 340 g/mol. The van der Waals surface area contributed by atoms with Crippen LogP contribution in [0.3, 0.4) is 0 Å². The third kappa shape index (κ3) is 5.39. The largest absolute Gasteiger partial charge is 0.449 e. The van der Waals surface area contributed by atoms with Gasteiger partial charge in [-0.1, -0.05) is 26.2 Å². The summed E-state index contributed by atoms with van der Waals surface area (Å²) in [7, 11) is 0. The van der Waals surface area contributed by atoms with E-state index >= 15 is 0 Å². The molecule has 2 aliphatic rings. The number of ether oxygens (including phenoxy) is 1. The Labute approximate surface area is 143 Å². The van der Waals surface area contributed by atoms with Crippen molar-refractivity contribution in [3.05, 3.63) is 0 Å².